The van der Waals surface area contributed by atoms with E-state index >= 15 is 0 Å². The lowest BCUT2D eigenvalue weighted by molar-refractivity contribution is 0.208. The highest BCUT2D eigenvalue weighted by Crippen LogP contribution is 2.38. The highest BCUT2D eigenvalue weighted by atomic mass is 16.5. The molecule has 1 unspecified atom stereocenters. The van der Waals surface area contributed by atoms with Gasteiger partial charge in [0.1, 0.15) is 17.6 Å². The molecule has 3 rings (SSSR count). The van der Waals surface area contributed by atoms with Gasteiger partial charge in [0.2, 0.25) is 0 Å². The minimum Gasteiger partial charge on any atom is -0.497 e. The molecule has 1 saturated carbocycles. The molecule has 1 aliphatic carbocycles. The van der Waals surface area contributed by atoms with E-state index in [1.54, 1.807) is 32.8 Å². The first-order valence-electron chi connectivity index (χ1n) is 6.65. The third-order valence-corrected chi connectivity index (χ3v) is 3.61. The Kier molecular flexibility index (Phi) is 3.36. The molecule has 5 nitrogen and oxygen atoms in total. The van der Waals surface area contributed by atoms with Crippen LogP contribution in [0.3, 0.4) is 0 Å². The largest absolute Gasteiger partial charge is 0.497 e. The molecule has 1 aromatic heterocycles. The second kappa shape index (κ2) is 5.17. The number of nitrogens with zero attached hydrogens (tertiary/aromatic N) is 2. The predicted octanol–water partition coefficient (Wildman–Crippen LogP) is 2.32. The number of hydrogen-bond acceptors (Lipinski definition) is 4. The molecule has 0 spiro atoms. The fraction of sp³-hybridized carbons (Fsp3) is 0.400. The second-order valence-electron chi connectivity index (χ2n) is 5.01. The van der Waals surface area contributed by atoms with Gasteiger partial charge in [0.15, 0.2) is 0 Å². The first-order valence-corrected chi connectivity index (χ1v) is 6.65. The number of ether oxygens (including phenoxy) is 2. The van der Waals surface area contributed by atoms with Gasteiger partial charge in [-0.1, -0.05) is 0 Å². The summed E-state index contributed by atoms with van der Waals surface area (Å²) in [6, 6.07) is 5.90. The van der Waals surface area contributed by atoms with E-state index in [9.17, 15) is 5.11 Å². The molecule has 0 saturated heterocycles. The molecule has 0 radical (unpaired) electrons. The van der Waals surface area contributed by atoms with Gasteiger partial charge >= 0.3 is 0 Å². The number of aliphatic hydroxyl groups excluding tert-OH is 1. The number of methoxy groups -OCH3 is 2. The molecule has 20 heavy (non-hydrogen) atoms. The first kappa shape index (κ1) is 13.0. The topological polar surface area (TPSA) is 56.5 Å². The van der Waals surface area contributed by atoms with E-state index in [2.05, 4.69) is 9.55 Å². The summed E-state index contributed by atoms with van der Waals surface area (Å²) in [4.78, 5) is 4.16. The average molecular weight is 274 g/mol. The zero-order valence-corrected chi connectivity index (χ0v) is 11.6. The van der Waals surface area contributed by atoms with Gasteiger partial charge in [-0.3, -0.25) is 0 Å². The smallest absolute Gasteiger partial charge is 0.122 e. The van der Waals surface area contributed by atoms with Crippen LogP contribution in [-0.4, -0.2) is 28.9 Å². The molecule has 0 aliphatic heterocycles. The lowest BCUT2D eigenvalue weighted by Crippen LogP contribution is -2.07. The van der Waals surface area contributed by atoms with Crippen molar-refractivity contribution in [1.29, 1.82) is 0 Å². The second-order valence-corrected chi connectivity index (χ2v) is 5.01. The van der Waals surface area contributed by atoms with E-state index in [0.717, 1.165) is 24.1 Å². The summed E-state index contributed by atoms with van der Waals surface area (Å²) in [6.07, 6.45) is 5.07. The van der Waals surface area contributed by atoms with Crippen LogP contribution in [0.15, 0.2) is 30.7 Å². The molecule has 106 valence electrons. The number of rotatable bonds is 5. The van der Waals surface area contributed by atoms with Gasteiger partial charge in [-0.05, 0) is 30.5 Å². The number of hydrogen-bond donors (Lipinski definition) is 1. The van der Waals surface area contributed by atoms with Gasteiger partial charge in [0.25, 0.3) is 0 Å². The molecule has 1 atom stereocenters. The average Bonchev–Trinajstić information content (AvgIpc) is 3.23. The van der Waals surface area contributed by atoms with E-state index < -0.39 is 6.10 Å². The maximum absolute atomic E-state index is 10.6. The highest BCUT2D eigenvalue weighted by molar-refractivity contribution is 5.41. The van der Waals surface area contributed by atoms with Crippen molar-refractivity contribution in [3.8, 4) is 11.5 Å². The van der Waals surface area contributed by atoms with Gasteiger partial charge in [-0.25, -0.2) is 4.98 Å². The van der Waals surface area contributed by atoms with Crippen molar-refractivity contribution >= 4 is 0 Å². The monoisotopic (exact) mass is 274 g/mol. The zero-order chi connectivity index (χ0) is 14.1. The van der Waals surface area contributed by atoms with Crippen LogP contribution >= 0.6 is 0 Å². The SMILES string of the molecule is COc1cc(OC)cc(C(O)c2cncn2C2CC2)c1. The Morgan fingerprint density at radius 1 is 1.20 bits per heavy atom. The maximum Gasteiger partial charge on any atom is 0.122 e. The first-order chi connectivity index (χ1) is 9.72. The van der Waals surface area contributed by atoms with Gasteiger partial charge in [-0.15, -0.1) is 0 Å². The number of benzene rings is 1. The van der Waals surface area contributed by atoms with Gasteiger partial charge in [-0.2, -0.15) is 0 Å². The molecule has 5 heteroatoms. The van der Waals surface area contributed by atoms with Crippen LogP contribution in [0.25, 0.3) is 0 Å². The van der Waals surface area contributed by atoms with Crippen molar-refractivity contribution in [2.75, 3.05) is 14.2 Å². The quantitative estimate of drug-likeness (QED) is 0.909. The predicted molar refractivity (Wildman–Crippen MR) is 74.1 cm³/mol. The standard InChI is InChI=1S/C15H18N2O3/c1-19-12-5-10(6-13(7-12)20-2)15(18)14-8-16-9-17(14)11-3-4-11/h5-9,11,15,18H,3-4H2,1-2H3. The molecule has 1 heterocycles. The van der Waals surface area contributed by atoms with Crippen LogP contribution in [0.4, 0.5) is 0 Å². The Balaban J connectivity index is 1.96. The summed E-state index contributed by atoms with van der Waals surface area (Å²) >= 11 is 0. The van der Waals surface area contributed by atoms with Gasteiger partial charge < -0.3 is 19.1 Å². The van der Waals surface area contributed by atoms with E-state index in [1.807, 2.05) is 12.1 Å². The minimum atomic E-state index is -0.734. The maximum atomic E-state index is 10.6. The van der Waals surface area contributed by atoms with Gasteiger partial charge in [0, 0.05) is 12.1 Å². The summed E-state index contributed by atoms with van der Waals surface area (Å²) in [5.41, 5.74) is 1.55. The Hall–Kier alpha value is -2.01. The Labute approximate surface area is 117 Å². The third kappa shape index (κ3) is 2.36. The van der Waals surface area contributed by atoms with Crippen molar-refractivity contribution in [2.45, 2.75) is 25.0 Å². The van der Waals surface area contributed by atoms with Crippen molar-refractivity contribution in [1.82, 2.24) is 9.55 Å². The molecule has 1 fully saturated rings. The lowest BCUT2D eigenvalue weighted by atomic mass is 10.1. The molecule has 0 amide bonds. The number of imidazole rings is 1. The molecule has 1 N–H and O–H groups in total. The Morgan fingerprint density at radius 2 is 1.85 bits per heavy atom. The van der Waals surface area contributed by atoms with Crippen LogP contribution in [-0.2, 0) is 0 Å². The number of aliphatic hydroxyl groups is 1. The van der Waals surface area contributed by atoms with Crippen molar-refractivity contribution < 1.29 is 14.6 Å². The van der Waals surface area contributed by atoms with Crippen molar-refractivity contribution in [3.63, 3.8) is 0 Å². The highest BCUT2D eigenvalue weighted by Gasteiger charge is 2.28. The van der Waals surface area contributed by atoms with Crippen LogP contribution < -0.4 is 9.47 Å². The van der Waals surface area contributed by atoms with Crippen LogP contribution in [0.5, 0.6) is 11.5 Å². The van der Waals surface area contributed by atoms with Crippen molar-refractivity contribution in [3.05, 3.63) is 42.0 Å². The summed E-state index contributed by atoms with van der Waals surface area (Å²) in [5, 5.41) is 10.6. The summed E-state index contributed by atoms with van der Waals surface area (Å²) in [7, 11) is 3.19. The van der Waals surface area contributed by atoms with E-state index in [-0.39, 0.29) is 0 Å². The van der Waals surface area contributed by atoms with Crippen molar-refractivity contribution in [2.24, 2.45) is 0 Å². The van der Waals surface area contributed by atoms with Crippen LogP contribution in [0.2, 0.25) is 0 Å². The molecular formula is C15H18N2O3. The molecule has 0 bridgehead atoms. The molecule has 2 aromatic rings. The van der Waals surface area contributed by atoms with Crippen LogP contribution in [0, 0.1) is 0 Å². The fourth-order valence-electron chi connectivity index (χ4n) is 2.34. The number of aromatic nitrogens is 2. The Bertz CT molecular complexity index is 583. The molecule has 1 aliphatic rings. The molecule has 1 aromatic carbocycles. The molecular weight excluding hydrogens is 256 g/mol. The summed E-state index contributed by atoms with van der Waals surface area (Å²) in [6.45, 7) is 0. The fourth-order valence-corrected chi connectivity index (χ4v) is 2.34. The summed E-state index contributed by atoms with van der Waals surface area (Å²) < 4.78 is 12.5. The minimum absolute atomic E-state index is 0.481. The van der Waals surface area contributed by atoms with E-state index in [4.69, 9.17) is 9.47 Å². The van der Waals surface area contributed by atoms with Crippen LogP contribution in [0.1, 0.15) is 36.2 Å². The van der Waals surface area contributed by atoms with E-state index in [1.165, 1.54) is 0 Å². The van der Waals surface area contributed by atoms with Gasteiger partial charge in [0.05, 0.1) is 32.4 Å². The normalized spacial score (nSPS) is 15.9. The lowest BCUT2D eigenvalue weighted by Gasteiger charge is -2.15. The summed E-state index contributed by atoms with van der Waals surface area (Å²) in [5.74, 6) is 1.33. The van der Waals surface area contributed by atoms with E-state index in [0.29, 0.717) is 17.5 Å². The third-order valence-electron chi connectivity index (χ3n) is 3.61. The Morgan fingerprint density at radius 3 is 2.40 bits per heavy atom. The zero-order valence-electron chi connectivity index (χ0n) is 11.6.